The highest BCUT2D eigenvalue weighted by Crippen LogP contribution is 2.38. The van der Waals surface area contributed by atoms with Crippen LogP contribution in [0, 0.1) is 5.92 Å². The van der Waals surface area contributed by atoms with E-state index in [1.54, 1.807) is 20.3 Å². The summed E-state index contributed by atoms with van der Waals surface area (Å²) in [6, 6.07) is 3.31. The maximum Gasteiger partial charge on any atom is 0.162 e. The van der Waals surface area contributed by atoms with Crippen molar-refractivity contribution in [2.75, 3.05) is 20.8 Å². The maximum absolute atomic E-state index is 6.30. The second-order valence-electron chi connectivity index (χ2n) is 4.86. The van der Waals surface area contributed by atoms with Gasteiger partial charge >= 0.3 is 0 Å². The van der Waals surface area contributed by atoms with Crippen LogP contribution in [-0.4, -0.2) is 26.9 Å². The van der Waals surface area contributed by atoms with Gasteiger partial charge in [0.05, 0.1) is 26.4 Å². The molecule has 4 nitrogen and oxygen atoms in total. The Morgan fingerprint density at radius 2 is 1.95 bits per heavy atom. The first-order chi connectivity index (χ1) is 9.08. The van der Waals surface area contributed by atoms with Crippen LogP contribution < -0.4 is 15.2 Å². The van der Waals surface area contributed by atoms with Crippen molar-refractivity contribution < 1.29 is 14.2 Å². The fourth-order valence-corrected chi connectivity index (χ4v) is 2.76. The summed E-state index contributed by atoms with van der Waals surface area (Å²) in [6.45, 7) is 2.90. The Hall–Kier alpha value is -0.970. The summed E-state index contributed by atoms with van der Waals surface area (Å²) in [7, 11) is 3.17. The zero-order valence-electron chi connectivity index (χ0n) is 11.5. The molecule has 1 fully saturated rings. The van der Waals surface area contributed by atoms with E-state index in [0.29, 0.717) is 22.4 Å². The number of halogens is 1. The molecule has 2 N–H and O–H groups in total. The minimum absolute atomic E-state index is 0.00407. The molecule has 0 amide bonds. The number of benzene rings is 1. The molecule has 1 aliphatic heterocycles. The normalized spacial score (nSPS) is 24.3. The molecule has 3 unspecified atom stereocenters. The van der Waals surface area contributed by atoms with Crippen molar-refractivity contribution >= 4 is 11.6 Å². The lowest BCUT2D eigenvalue weighted by Crippen LogP contribution is -2.30. The molecule has 0 aromatic heterocycles. The minimum Gasteiger partial charge on any atom is -0.493 e. The second kappa shape index (κ2) is 5.99. The lowest BCUT2D eigenvalue weighted by molar-refractivity contribution is 0.0724. The molecule has 1 heterocycles. The van der Waals surface area contributed by atoms with Crippen molar-refractivity contribution in [2.45, 2.75) is 25.5 Å². The Bertz CT molecular complexity index is 453. The molecule has 0 bridgehead atoms. The summed E-state index contributed by atoms with van der Waals surface area (Å²) >= 11 is 6.29. The van der Waals surface area contributed by atoms with E-state index in [1.807, 2.05) is 6.07 Å². The van der Waals surface area contributed by atoms with Gasteiger partial charge in [0.25, 0.3) is 0 Å². The fraction of sp³-hybridized carbons (Fsp3) is 0.571. The molecule has 1 aliphatic rings. The third-order valence-electron chi connectivity index (χ3n) is 3.66. The molecule has 106 valence electrons. The van der Waals surface area contributed by atoms with E-state index in [9.17, 15) is 0 Å². The van der Waals surface area contributed by atoms with Gasteiger partial charge in [-0.15, -0.1) is 0 Å². The second-order valence-corrected chi connectivity index (χ2v) is 5.26. The van der Waals surface area contributed by atoms with Crippen LogP contribution in [0.4, 0.5) is 0 Å². The van der Waals surface area contributed by atoms with E-state index in [4.69, 9.17) is 31.5 Å². The SMILES string of the molecule is COc1cc(Cl)c(C(N)C2OCCC2C)cc1OC. The molecule has 1 saturated heterocycles. The van der Waals surface area contributed by atoms with E-state index in [0.717, 1.165) is 18.6 Å². The topological polar surface area (TPSA) is 53.7 Å². The Kier molecular flexibility index (Phi) is 4.55. The van der Waals surface area contributed by atoms with E-state index >= 15 is 0 Å². The average molecular weight is 286 g/mol. The first-order valence-corrected chi connectivity index (χ1v) is 6.75. The summed E-state index contributed by atoms with van der Waals surface area (Å²) in [5.74, 6) is 1.66. The quantitative estimate of drug-likeness (QED) is 0.924. The van der Waals surface area contributed by atoms with Crippen LogP contribution in [-0.2, 0) is 4.74 Å². The minimum atomic E-state index is -0.259. The van der Waals surface area contributed by atoms with Crippen LogP contribution in [0.5, 0.6) is 11.5 Å². The van der Waals surface area contributed by atoms with Crippen molar-refractivity contribution in [3.05, 3.63) is 22.7 Å². The van der Waals surface area contributed by atoms with Gasteiger partial charge < -0.3 is 19.9 Å². The molecule has 19 heavy (non-hydrogen) atoms. The lowest BCUT2D eigenvalue weighted by atomic mass is 9.93. The van der Waals surface area contributed by atoms with Gasteiger partial charge in [-0.25, -0.2) is 0 Å². The number of methoxy groups -OCH3 is 2. The zero-order valence-corrected chi connectivity index (χ0v) is 12.2. The molecular weight excluding hydrogens is 266 g/mol. The van der Waals surface area contributed by atoms with Gasteiger partial charge in [-0.05, 0) is 24.0 Å². The van der Waals surface area contributed by atoms with Crippen LogP contribution in [0.1, 0.15) is 24.9 Å². The van der Waals surface area contributed by atoms with Gasteiger partial charge in [0.1, 0.15) is 0 Å². The summed E-state index contributed by atoms with van der Waals surface area (Å²) in [6.07, 6.45) is 1.03. The first kappa shape index (κ1) is 14.4. The van der Waals surface area contributed by atoms with Crippen LogP contribution in [0.3, 0.4) is 0 Å². The van der Waals surface area contributed by atoms with Crippen molar-refractivity contribution in [3.8, 4) is 11.5 Å². The predicted molar refractivity (Wildman–Crippen MR) is 75.0 cm³/mol. The molecule has 1 aromatic carbocycles. The zero-order chi connectivity index (χ0) is 14.0. The predicted octanol–water partition coefficient (Wildman–Crippen LogP) is 2.78. The van der Waals surface area contributed by atoms with Gasteiger partial charge in [0.2, 0.25) is 0 Å². The number of nitrogens with two attached hydrogens (primary N) is 1. The molecule has 2 rings (SSSR count). The van der Waals surface area contributed by atoms with E-state index in [-0.39, 0.29) is 12.1 Å². The standard InChI is InChI=1S/C14H20ClNO3/c1-8-4-5-19-14(8)13(16)9-6-11(17-2)12(18-3)7-10(9)15/h6-8,13-14H,4-5,16H2,1-3H3. The molecule has 0 aliphatic carbocycles. The van der Waals surface area contributed by atoms with E-state index in [2.05, 4.69) is 6.92 Å². The smallest absolute Gasteiger partial charge is 0.162 e. The maximum atomic E-state index is 6.30. The monoisotopic (exact) mass is 285 g/mol. The summed E-state index contributed by atoms with van der Waals surface area (Å²) in [5, 5.41) is 0.577. The summed E-state index contributed by atoms with van der Waals surface area (Å²) in [4.78, 5) is 0. The average Bonchev–Trinajstić information content (AvgIpc) is 2.83. The number of hydrogen-bond donors (Lipinski definition) is 1. The largest absolute Gasteiger partial charge is 0.493 e. The molecule has 5 heteroatoms. The Morgan fingerprint density at radius 3 is 2.47 bits per heavy atom. The van der Waals surface area contributed by atoms with Crippen LogP contribution in [0.25, 0.3) is 0 Å². The highest BCUT2D eigenvalue weighted by Gasteiger charge is 2.32. The van der Waals surface area contributed by atoms with E-state index in [1.165, 1.54) is 0 Å². The van der Waals surface area contributed by atoms with Gasteiger partial charge in [-0.3, -0.25) is 0 Å². The third-order valence-corrected chi connectivity index (χ3v) is 3.99. The van der Waals surface area contributed by atoms with Gasteiger partial charge in [0.15, 0.2) is 11.5 Å². The van der Waals surface area contributed by atoms with Gasteiger partial charge in [-0.2, -0.15) is 0 Å². The van der Waals surface area contributed by atoms with Crippen molar-refractivity contribution in [2.24, 2.45) is 11.7 Å². The first-order valence-electron chi connectivity index (χ1n) is 6.37. The Balaban J connectivity index is 2.33. The molecule has 0 saturated carbocycles. The van der Waals surface area contributed by atoms with E-state index < -0.39 is 0 Å². The Morgan fingerprint density at radius 1 is 1.32 bits per heavy atom. The molecule has 0 radical (unpaired) electrons. The molecule has 3 atom stereocenters. The van der Waals surface area contributed by atoms with Crippen LogP contribution in [0.15, 0.2) is 12.1 Å². The summed E-state index contributed by atoms with van der Waals surface area (Å²) < 4.78 is 16.2. The van der Waals surface area contributed by atoms with Gasteiger partial charge in [0, 0.05) is 17.7 Å². The van der Waals surface area contributed by atoms with Gasteiger partial charge in [-0.1, -0.05) is 18.5 Å². The Labute approximate surface area is 118 Å². The number of rotatable bonds is 4. The summed E-state index contributed by atoms with van der Waals surface area (Å²) in [5.41, 5.74) is 7.13. The third kappa shape index (κ3) is 2.81. The molecule has 1 aromatic rings. The van der Waals surface area contributed by atoms with Crippen molar-refractivity contribution in [3.63, 3.8) is 0 Å². The highest BCUT2D eigenvalue weighted by molar-refractivity contribution is 6.31. The lowest BCUT2D eigenvalue weighted by Gasteiger charge is -2.24. The van der Waals surface area contributed by atoms with Crippen LogP contribution >= 0.6 is 11.6 Å². The van der Waals surface area contributed by atoms with Crippen LogP contribution in [0.2, 0.25) is 5.02 Å². The highest BCUT2D eigenvalue weighted by atomic mass is 35.5. The number of hydrogen-bond acceptors (Lipinski definition) is 4. The van der Waals surface area contributed by atoms with Crippen molar-refractivity contribution in [1.82, 2.24) is 0 Å². The molecule has 0 spiro atoms. The number of ether oxygens (including phenoxy) is 3. The van der Waals surface area contributed by atoms with Crippen molar-refractivity contribution in [1.29, 1.82) is 0 Å². The fourth-order valence-electron chi connectivity index (χ4n) is 2.48. The molecular formula is C14H20ClNO3.